The predicted octanol–water partition coefficient (Wildman–Crippen LogP) is 5.63. The summed E-state index contributed by atoms with van der Waals surface area (Å²) >= 11 is 0. The molecule has 0 spiro atoms. The number of ether oxygens (including phenoxy) is 2. The van der Waals surface area contributed by atoms with Gasteiger partial charge in [0.15, 0.2) is 0 Å². The van der Waals surface area contributed by atoms with Gasteiger partial charge in [-0.1, -0.05) is 42.5 Å². The van der Waals surface area contributed by atoms with Crippen LogP contribution in [0, 0.1) is 6.92 Å². The first-order chi connectivity index (χ1) is 17.0. The molecule has 0 aliphatic rings. The molecule has 0 radical (unpaired) electrons. The lowest BCUT2D eigenvalue weighted by Gasteiger charge is -2.17. The predicted molar refractivity (Wildman–Crippen MR) is 139 cm³/mol. The van der Waals surface area contributed by atoms with Crippen LogP contribution in [-0.4, -0.2) is 29.2 Å². The molecule has 4 rings (SSSR count). The molecule has 6 nitrogen and oxygen atoms in total. The maximum Gasteiger partial charge on any atom is 0.225 e. The molecule has 1 aromatic heterocycles. The van der Waals surface area contributed by atoms with Crippen molar-refractivity contribution in [2.24, 2.45) is 0 Å². The zero-order chi connectivity index (χ0) is 24.6. The first kappa shape index (κ1) is 24.3. The van der Waals surface area contributed by atoms with Gasteiger partial charge in [0.25, 0.3) is 0 Å². The van der Waals surface area contributed by atoms with Gasteiger partial charge >= 0.3 is 0 Å². The lowest BCUT2D eigenvalue weighted by Crippen LogP contribution is -2.30. The number of carbonyl (C=O) groups is 1. The summed E-state index contributed by atoms with van der Waals surface area (Å²) in [5, 5.41) is 3.15. The lowest BCUT2D eigenvalue weighted by atomic mass is 10.1. The Balaban J connectivity index is 1.39. The van der Waals surface area contributed by atoms with Crippen molar-refractivity contribution < 1.29 is 14.3 Å². The highest BCUT2D eigenvalue weighted by molar-refractivity contribution is 5.80. The number of unbranched alkanes of at least 4 members (excludes halogenated alkanes) is 1. The summed E-state index contributed by atoms with van der Waals surface area (Å²) in [5.74, 6) is 2.47. The van der Waals surface area contributed by atoms with Gasteiger partial charge in [0.1, 0.15) is 17.3 Å². The number of aromatic nitrogens is 2. The minimum atomic E-state index is -0.202. The molecule has 182 valence electrons. The van der Waals surface area contributed by atoms with Gasteiger partial charge in [-0.15, -0.1) is 0 Å². The summed E-state index contributed by atoms with van der Waals surface area (Å²) in [6.45, 7) is 5.45. The van der Waals surface area contributed by atoms with Crippen LogP contribution in [-0.2, 0) is 17.8 Å². The number of benzene rings is 3. The van der Waals surface area contributed by atoms with E-state index in [-0.39, 0.29) is 11.9 Å². The Morgan fingerprint density at radius 1 is 1.00 bits per heavy atom. The minimum absolute atomic E-state index is 0.00269. The monoisotopic (exact) mass is 471 g/mol. The Labute approximate surface area is 206 Å². The van der Waals surface area contributed by atoms with Crippen LogP contribution >= 0.6 is 0 Å². The number of imidazole rings is 1. The molecule has 0 saturated carbocycles. The van der Waals surface area contributed by atoms with E-state index >= 15 is 0 Å². The lowest BCUT2D eigenvalue weighted by molar-refractivity contribution is -0.121. The van der Waals surface area contributed by atoms with Gasteiger partial charge in [-0.3, -0.25) is 4.79 Å². The van der Waals surface area contributed by atoms with Crippen molar-refractivity contribution in [2.75, 3.05) is 13.7 Å². The molecule has 6 heteroatoms. The van der Waals surface area contributed by atoms with Crippen LogP contribution in [0.5, 0.6) is 11.5 Å². The highest BCUT2D eigenvalue weighted by atomic mass is 16.5. The van der Waals surface area contributed by atoms with Gasteiger partial charge in [0.2, 0.25) is 5.91 Å². The average Bonchev–Trinajstić information content (AvgIpc) is 3.24. The Hall–Kier alpha value is -3.80. The maximum atomic E-state index is 12.8. The third kappa shape index (κ3) is 6.21. The number of fused-ring (bicyclic) bond motifs is 1. The van der Waals surface area contributed by atoms with Gasteiger partial charge in [-0.05, 0) is 62.1 Å². The van der Waals surface area contributed by atoms with E-state index in [0.29, 0.717) is 13.0 Å². The second-order valence-corrected chi connectivity index (χ2v) is 8.74. The third-order valence-electron chi connectivity index (χ3n) is 6.15. The van der Waals surface area contributed by atoms with Crippen LogP contribution in [0.3, 0.4) is 0 Å². The molecule has 1 heterocycles. The highest BCUT2D eigenvalue weighted by Gasteiger charge is 2.18. The van der Waals surface area contributed by atoms with Crippen molar-refractivity contribution in [1.82, 2.24) is 14.9 Å². The number of methoxy groups -OCH3 is 1. The molecule has 1 atom stereocenters. The summed E-state index contributed by atoms with van der Waals surface area (Å²) in [5.41, 5.74) is 4.19. The number of hydrogen-bond donors (Lipinski definition) is 1. The molecule has 1 unspecified atom stereocenters. The smallest absolute Gasteiger partial charge is 0.225 e. The van der Waals surface area contributed by atoms with Crippen LogP contribution in [0.1, 0.15) is 42.8 Å². The van der Waals surface area contributed by atoms with Crippen LogP contribution in [0.4, 0.5) is 0 Å². The number of carbonyl (C=O) groups excluding carboxylic acids is 1. The van der Waals surface area contributed by atoms with Crippen LogP contribution in [0.2, 0.25) is 0 Å². The van der Waals surface area contributed by atoms with E-state index < -0.39 is 0 Å². The molecular formula is C29H33N3O3. The first-order valence-electron chi connectivity index (χ1n) is 12.1. The SMILES string of the molecule is COc1cccc(OCCCCn2c(C(C)NC(=O)Cc3ccccc3C)nc3ccccc32)c1. The van der Waals surface area contributed by atoms with Crippen molar-refractivity contribution in [3.05, 3.63) is 89.7 Å². The van der Waals surface area contributed by atoms with Gasteiger partial charge in [-0.25, -0.2) is 4.98 Å². The largest absolute Gasteiger partial charge is 0.497 e. The summed E-state index contributed by atoms with van der Waals surface area (Å²) in [6.07, 6.45) is 2.19. The molecule has 0 fully saturated rings. The van der Waals surface area contributed by atoms with E-state index in [1.165, 1.54) is 0 Å². The van der Waals surface area contributed by atoms with Gasteiger partial charge in [0.05, 0.1) is 37.2 Å². The van der Waals surface area contributed by atoms with Crippen molar-refractivity contribution >= 4 is 16.9 Å². The first-order valence-corrected chi connectivity index (χ1v) is 12.1. The number of hydrogen-bond acceptors (Lipinski definition) is 4. The van der Waals surface area contributed by atoms with E-state index in [1.54, 1.807) is 7.11 Å². The molecular weight excluding hydrogens is 438 g/mol. The Morgan fingerprint density at radius 3 is 2.60 bits per heavy atom. The van der Waals surface area contributed by atoms with Crippen LogP contribution in [0.25, 0.3) is 11.0 Å². The van der Waals surface area contributed by atoms with E-state index in [1.807, 2.05) is 80.6 Å². The number of amides is 1. The molecule has 1 N–H and O–H groups in total. The third-order valence-corrected chi connectivity index (χ3v) is 6.15. The summed E-state index contributed by atoms with van der Waals surface area (Å²) in [7, 11) is 1.65. The van der Waals surface area contributed by atoms with E-state index in [2.05, 4.69) is 16.0 Å². The number of para-hydroxylation sites is 2. The average molecular weight is 472 g/mol. The van der Waals surface area contributed by atoms with Crippen molar-refractivity contribution in [3.8, 4) is 11.5 Å². The Kier molecular flexibility index (Phi) is 8.03. The zero-order valence-corrected chi connectivity index (χ0v) is 20.7. The zero-order valence-electron chi connectivity index (χ0n) is 20.7. The second kappa shape index (κ2) is 11.6. The van der Waals surface area contributed by atoms with E-state index in [0.717, 1.165) is 58.9 Å². The number of aryl methyl sites for hydroxylation is 2. The van der Waals surface area contributed by atoms with Crippen LogP contribution < -0.4 is 14.8 Å². The highest BCUT2D eigenvalue weighted by Crippen LogP contribution is 2.23. The van der Waals surface area contributed by atoms with Crippen LogP contribution in [0.15, 0.2) is 72.8 Å². The molecule has 0 aliphatic carbocycles. The molecule has 1 amide bonds. The van der Waals surface area contributed by atoms with Gasteiger partial charge < -0.3 is 19.4 Å². The fourth-order valence-electron chi connectivity index (χ4n) is 4.25. The molecule has 0 aliphatic heterocycles. The topological polar surface area (TPSA) is 65.4 Å². The fraction of sp³-hybridized carbons (Fsp3) is 0.310. The normalized spacial score (nSPS) is 11.9. The number of nitrogens with zero attached hydrogens (tertiary/aromatic N) is 2. The summed E-state index contributed by atoms with van der Waals surface area (Å²) in [6, 6.07) is 23.6. The number of nitrogens with one attached hydrogen (secondary N) is 1. The van der Waals surface area contributed by atoms with E-state index in [9.17, 15) is 4.79 Å². The molecule has 0 bridgehead atoms. The second-order valence-electron chi connectivity index (χ2n) is 8.74. The van der Waals surface area contributed by atoms with Crippen molar-refractivity contribution in [3.63, 3.8) is 0 Å². The van der Waals surface area contributed by atoms with Gasteiger partial charge in [0, 0.05) is 12.6 Å². The number of rotatable bonds is 11. The minimum Gasteiger partial charge on any atom is -0.497 e. The summed E-state index contributed by atoms with van der Waals surface area (Å²) in [4.78, 5) is 17.6. The standard InChI is InChI=1S/C29H33N3O3/c1-21-11-4-5-12-23(21)19-28(33)30-22(2)29-31-26-15-6-7-16-27(26)32(29)17-8-9-18-35-25-14-10-13-24(20-25)34-3/h4-7,10-16,20,22H,8-9,17-19H2,1-3H3,(H,30,33). The Morgan fingerprint density at radius 2 is 1.77 bits per heavy atom. The van der Waals surface area contributed by atoms with E-state index in [4.69, 9.17) is 14.5 Å². The Bertz CT molecular complexity index is 1280. The molecule has 4 aromatic rings. The van der Waals surface area contributed by atoms with Gasteiger partial charge in [-0.2, -0.15) is 0 Å². The fourth-order valence-corrected chi connectivity index (χ4v) is 4.25. The molecule has 35 heavy (non-hydrogen) atoms. The maximum absolute atomic E-state index is 12.8. The molecule has 0 saturated heterocycles. The molecule has 3 aromatic carbocycles. The van der Waals surface area contributed by atoms with Crippen molar-refractivity contribution in [1.29, 1.82) is 0 Å². The van der Waals surface area contributed by atoms with Crippen molar-refractivity contribution in [2.45, 2.75) is 45.7 Å². The summed E-state index contributed by atoms with van der Waals surface area (Å²) < 4.78 is 13.4. The quantitative estimate of drug-likeness (QED) is 0.288.